The van der Waals surface area contributed by atoms with Gasteiger partial charge in [-0.3, -0.25) is 0 Å². The van der Waals surface area contributed by atoms with Crippen molar-refractivity contribution >= 4 is 16.5 Å². The second kappa shape index (κ2) is 5.59. The first-order valence-corrected chi connectivity index (χ1v) is 6.93. The average molecular weight is 256 g/mol. The molecule has 1 saturated heterocycles. The van der Waals surface area contributed by atoms with Gasteiger partial charge in [-0.25, -0.2) is 0 Å². The van der Waals surface area contributed by atoms with Gasteiger partial charge in [0.2, 0.25) is 0 Å². The molecule has 2 aromatic rings. The highest BCUT2D eigenvalue weighted by Crippen LogP contribution is 2.26. The molecule has 1 aliphatic rings. The molecule has 0 aromatic heterocycles. The van der Waals surface area contributed by atoms with E-state index in [0.29, 0.717) is 6.10 Å². The standard InChI is InChI=1S/C16H20N2O/c17-16-13(7-8-14-11-18-9-10-19-14)6-5-12-3-1-2-4-15(12)16/h1-6,14,18H,7-11,17H2. The number of morpholine rings is 1. The summed E-state index contributed by atoms with van der Waals surface area (Å²) in [6.07, 6.45) is 2.32. The zero-order chi connectivity index (χ0) is 13.1. The van der Waals surface area contributed by atoms with Crippen molar-refractivity contribution in [2.24, 2.45) is 0 Å². The monoisotopic (exact) mass is 256 g/mol. The Morgan fingerprint density at radius 2 is 2.11 bits per heavy atom. The van der Waals surface area contributed by atoms with E-state index in [-0.39, 0.29) is 0 Å². The first-order chi connectivity index (χ1) is 9.34. The lowest BCUT2D eigenvalue weighted by molar-refractivity contribution is 0.0239. The van der Waals surface area contributed by atoms with Crippen LogP contribution >= 0.6 is 0 Å². The molecule has 0 aliphatic carbocycles. The largest absolute Gasteiger partial charge is 0.398 e. The minimum absolute atomic E-state index is 0.319. The first-order valence-electron chi connectivity index (χ1n) is 6.93. The first kappa shape index (κ1) is 12.5. The van der Waals surface area contributed by atoms with Crippen molar-refractivity contribution < 1.29 is 4.74 Å². The van der Waals surface area contributed by atoms with Crippen LogP contribution in [0.3, 0.4) is 0 Å². The lowest BCUT2D eigenvalue weighted by atomic mass is 9.99. The summed E-state index contributed by atoms with van der Waals surface area (Å²) in [5.74, 6) is 0. The predicted molar refractivity (Wildman–Crippen MR) is 79.3 cm³/mol. The molecule has 3 nitrogen and oxygen atoms in total. The molecule has 19 heavy (non-hydrogen) atoms. The number of nitrogen functional groups attached to an aromatic ring is 1. The molecule has 0 radical (unpaired) electrons. The van der Waals surface area contributed by atoms with Gasteiger partial charge in [0.25, 0.3) is 0 Å². The van der Waals surface area contributed by atoms with Crippen molar-refractivity contribution in [1.82, 2.24) is 5.32 Å². The fraction of sp³-hybridized carbons (Fsp3) is 0.375. The summed E-state index contributed by atoms with van der Waals surface area (Å²) in [5, 5.41) is 5.72. The van der Waals surface area contributed by atoms with Crippen molar-refractivity contribution in [3.05, 3.63) is 42.0 Å². The van der Waals surface area contributed by atoms with Gasteiger partial charge in [-0.15, -0.1) is 0 Å². The Morgan fingerprint density at radius 3 is 2.95 bits per heavy atom. The van der Waals surface area contributed by atoms with Gasteiger partial charge < -0.3 is 15.8 Å². The maximum atomic E-state index is 6.28. The molecule has 3 heteroatoms. The van der Waals surface area contributed by atoms with Crippen molar-refractivity contribution in [2.45, 2.75) is 18.9 Å². The summed E-state index contributed by atoms with van der Waals surface area (Å²) < 4.78 is 5.72. The second-order valence-electron chi connectivity index (χ2n) is 5.10. The van der Waals surface area contributed by atoms with Gasteiger partial charge in [0, 0.05) is 24.2 Å². The predicted octanol–water partition coefficient (Wildman–Crippen LogP) is 2.34. The Balaban J connectivity index is 1.75. The highest BCUT2D eigenvalue weighted by molar-refractivity contribution is 5.94. The molecule has 1 atom stereocenters. The van der Waals surface area contributed by atoms with Crippen LogP contribution in [-0.4, -0.2) is 25.8 Å². The Hall–Kier alpha value is -1.58. The minimum Gasteiger partial charge on any atom is -0.398 e. The Labute approximate surface area is 113 Å². The summed E-state index contributed by atoms with van der Waals surface area (Å²) in [6, 6.07) is 12.6. The molecule has 100 valence electrons. The zero-order valence-corrected chi connectivity index (χ0v) is 11.1. The fourth-order valence-corrected chi connectivity index (χ4v) is 2.68. The van der Waals surface area contributed by atoms with Gasteiger partial charge in [-0.1, -0.05) is 36.4 Å². The van der Waals surface area contributed by atoms with E-state index in [4.69, 9.17) is 10.5 Å². The summed E-state index contributed by atoms with van der Waals surface area (Å²) in [5.41, 5.74) is 8.43. The SMILES string of the molecule is Nc1c(CCC2CNCCO2)ccc2ccccc12. The molecule has 3 rings (SSSR count). The average Bonchev–Trinajstić information content (AvgIpc) is 2.48. The maximum absolute atomic E-state index is 6.28. The topological polar surface area (TPSA) is 47.3 Å². The van der Waals surface area contributed by atoms with Crippen molar-refractivity contribution in [2.75, 3.05) is 25.4 Å². The van der Waals surface area contributed by atoms with Crippen LogP contribution in [0.1, 0.15) is 12.0 Å². The highest BCUT2D eigenvalue weighted by Gasteiger charge is 2.14. The highest BCUT2D eigenvalue weighted by atomic mass is 16.5. The van der Waals surface area contributed by atoms with E-state index in [1.165, 1.54) is 10.9 Å². The third-order valence-electron chi connectivity index (χ3n) is 3.80. The number of rotatable bonds is 3. The van der Waals surface area contributed by atoms with E-state index in [2.05, 4.69) is 29.6 Å². The van der Waals surface area contributed by atoms with Crippen LogP contribution in [0.4, 0.5) is 5.69 Å². The van der Waals surface area contributed by atoms with Crippen LogP contribution in [0, 0.1) is 0 Å². The number of ether oxygens (including phenoxy) is 1. The van der Waals surface area contributed by atoms with Crippen molar-refractivity contribution in [3.8, 4) is 0 Å². The smallest absolute Gasteiger partial charge is 0.0703 e. The molecular formula is C16H20N2O. The molecule has 3 N–H and O–H groups in total. The van der Waals surface area contributed by atoms with Crippen LogP contribution in [-0.2, 0) is 11.2 Å². The van der Waals surface area contributed by atoms with E-state index in [1.54, 1.807) is 0 Å². The molecular weight excluding hydrogens is 236 g/mol. The third-order valence-corrected chi connectivity index (χ3v) is 3.80. The molecule has 0 amide bonds. The number of fused-ring (bicyclic) bond motifs is 1. The van der Waals surface area contributed by atoms with Crippen molar-refractivity contribution in [1.29, 1.82) is 0 Å². The van der Waals surface area contributed by atoms with Gasteiger partial charge in [0.1, 0.15) is 0 Å². The quantitative estimate of drug-likeness (QED) is 0.829. The Bertz CT molecular complexity index is 562. The number of aryl methyl sites for hydroxylation is 1. The fourth-order valence-electron chi connectivity index (χ4n) is 2.68. The van der Waals surface area contributed by atoms with Gasteiger partial charge >= 0.3 is 0 Å². The summed E-state index contributed by atoms with van der Waals surface area (Å²) in [6.45, 7) is 2.74. The molecule has 1 unspecified atom stereocenters. The zero-order valence-electron chi connectivity index (χ0n) is 11.1. The van der Waals surface area contributed by atoms with Crippen molar-refractivity contribution in [3.63, 3.8) is 0 Å². The molecule has 2 aromatic carbocycles. The lowest BCUT2D eigenvalue weighted by Crippen LogP contribution is -2.38. The van der Waals surface area contributed by atoms with E-state index >= 15 is 0 Å². The van der Waals surface area contributed by atoms with Crippen LogP contribution in [0.15, 0.2) is 36.4 Å². The van der Waals surface area contributed by atoms with Gasteiger partial charge in [0.15, 0.2) is 0 Å². The molecule has 1 aliphatic heterocycles. The van der Waals surface area contributed by atoms with Gasteiger partial charge in [0.05, 0.1) is 12.7 Å². The van der Waals surface area contributed by atoms with E-state index in [0.717, 1.165) is 43.6 Å². The van der Waals surface area contributed by atoms with E-state index in [9.17, 15) is 0 Å². The molecule has 0 saturated carbocycles. The molecule has 1 heterocycles. The van der Waals surface area contributed by atoms with E-state index in [1.807, 2.05) is 12.1 Å². The minimum atomic E-state index is 0.319. The van der Waals surface area contributed by atoms with Gasteiger partial charge in [-0.05, 0) is 23.8 Å². The van der Waals surface area contributed by atoms with Gasteiger partial charge in [-0.2, -0.15) is 0 Å². The number of hydrogen-bond acceptors (Lipinski definition) is 3. The lowest BCUT2D eigenvalue weighted by Gasteiger charge is -2.23. The number of benzene rings is 2. The third kappa shape index (κ3) is 2.72. The van der Waals surface area contributed by atoms with Crippen LogP contribution < -0.4 is 11.1 Å². The number of nitrogens with one attached hydrogen (secondary N) is 1. The number of hydrogen-bond donors (Lipinski definition) is 2. The van der Waals surface area contributed by atoms with Crippen LogP contribution in [0.2, 0.25) is 0 Å². The van der Waals surface area contributed by atoms with E-state index < -0.39 is 0 Å². The normalized spacial score (nSPS) is 19.7. The van der Waals surface area contributed by atoms with Crippen LogP contribution in [0.25, 0.3) is 10.8 Å². The number of anilines is 1. The van der Waals surface area contributed by atoms with Crippen LogP contribution in [0.5, 0.6) is 0 Å². The second-order valence-corrected chi connectivity index (χ2v) is 5.10. The summed E-state index contributed by atoms with van der Waals surface area (Å²) >= 11 is 0. The Kier molecular flexibility index (Phi) is 3.67. The number of nitrogens with two attached hydrogens (primary N) is 1. The molecule has 1 fully saturated rings. The Morgan fingerprint density at radius 1 is 1.21 bits per heavy atom. The summed E-state index contributed by atoms with van der Waals surface area (Å²) in [7, 11) is 0. The summed E-state index contributed by atoms with van der Waals surface area (Å²) in [4.78, 5) is 0. The molecule has 0 spiro atoms. The molecule has 0 bridgehead atoms. The maximum Gasteiger partial charge on any atom is 0.0703 e.